The van der Waals surface area contributed by atoms with Crippen LogP contribution in [0.2, 0.25) is 18.1 Å². The summed E-state index contributed by atoms with van der Waals surface area (Å²) in [5, 5.41) is 9.02. The van der Waals surface area contributed by atoms with Gasteiger partial charge in [-0.1, -0.05) is 34.1 Å². The lowest BCUT2D eigenvalue weighted by molar-refractivity contribution is 0.222. The van der Waals surface area contributed by atoms with Gasteiger partial charge in [0, 0.05) is 13.2 Å². The average molecular weight is 246 g/mol. The Morgan fingerprint density at radius 3 is 2.19 bits per heavy atom. The van der Waals surface area contributed by atoms with E-state index in [2.05, 4.69) is 40.8 Å². The normalized spacial score (nSPS) is 15.2. The smallest absolute Gasteiger partial charge is 0.191 e. The quantitative estimate of drug-likeness (QED) is 0.547. The molecule has 0 bridgehead atoms. The highest BCUT2D eigenvalue weighted by molar-refractivity contribution is 6.74. The van der Waals surface area contributed by atoms with Crippen LogP contribution in [-0.4, -0.2) is 26.6 Å². The summed E-state index contributed by atoms with van der Waals surface area (Å²) in [6.07, 6.45) is 3.19. The van der Waals surface area contributed by atoms with E-state index in [1.807, 2.05) is 0 Å². The van der Waals surface area contributed by atoms with Gasteiger partial charge in [-0.15, -0.1) is 0 Å². The van der Waals surface area contributed by atoms with Crippen molar-refractivity contribution in [2.75, 3.05) is 13.2 Å². The Morgan fingerprint density at radius 2 is 1.75 bits per heavy atom. The van der Waals surface area contributed by atoms with Gasteiger partial charge in [0.1, 0.15) is 0 Å². The first-order valence-electron chi connectivity index (χ1n) is 6.45. The molecule has 16 heavy (non-hydrogen) atoms. The second kappa shape index (κ2) is 6.77. The lowest BCUT2D eigenvalue weighted by atomic mass is 10.1. The van der Waals surface area contributed by atoms with Gasteiger partial charge >= 0.3 is 0 Å². The summed E-state index contributed by atoms with van der Waals surface area (Å²) in [6.45, 7) is 14.9. The van der Waals surface area contributed by atoms with E-state index in [9.17, 15) is 0 Å². The van der Waals surface area contributed by atoms with Crippen LogP contribution in [0.4, 0.5) is 0 Å². The van der Waals surface area contributed by atoms with Gasteiger partial charge in [-0.25, -0.2) is 0 Å². The molecule has 0 heterocycles. The van der Waals surface area contributed by atoms with Crippen LogP contribution in [0.15, 0.2) is 0 Å². The third-order valence-electron chi connectivity index (χ3n) is 3.64. The number of rotatable bonds is 7. The van der Waals surface area contributed by atoms with Gasteiger partial charge in [-0.2, -0.15) is 0 Å². The highest BCUT2D eigenvalue weighted by atomic mass is 28.4. The van der Waals surface area contributed by atoms with Crippen molar-refractivity contribution in [3.05, 3.63) is 0 Å². The van der Waals surface area contributed by atoms with Crippen LogP contribution in [0.5, 0.6) is 0 Å². The van der Waals surface area contributed by atoms with E-state index in [1.54, 1.807) is 0 Å². The number of hydrogen-bond acceptors (Lipinski definition) is 2. The molecule has 0 aliphatic carbocycles. The fourth-order valence-electron chi connectivity index (χ4n) is 1.26. The van der Waals surface area contributed by atoms with Gasteiger partial charge in [0.05, 0.1) is 0 Å². The third-order valence-corrected chi connectivity index (χ3v) is 8.14. The second-order valence-corrected chi connectivity index (χ2v) is 11.2. The largest absolute Gasteiger partial charge is 0.417 e. The first kappa shape index (κ1) is 16.1. The summed E-state index contributed by atoms with van der Waals surface area (Å²) >= 11 is 0. The molecule has 0 aliphatic rings. The highest BCUT2D eigenvalue weighted by Crippen LogP contribution is 2.36. The van der Waals surface area contributed by atoms with Gasteiger partial charge in [-0.05, 0) is 36.9 Å². The molecular formula is C13H30O2Si. The van der Waals surface area contributed by atoms with Gasteiger partial charge in [0.15, 0.2) is 8.32 Å². The topological polar surface area (TPSA) is 29.5 Å². The van der Waals surface area contributed by atoms with Crippen molar-refractivity contribution in [3.63, 3.8) is 0 Å². The maximum atomic E-state index is 8.72. The van der Waals surface area contributed by atoms with E-state index in [0.29, 0.717) is 17.6 Å². The minimum absolute atomic E-state index is 0.303. The monoisotopic (exact) mass is 246 g/mol. The molecule has 2 nitrogen and oxygen atoms in total. The number of aliphatic hydroxyl groups is 1. The highest BCUT2D eigenvalue weighted by Gasteiger charge is 2.37. The van der Waals surface area contributed by atoms with Crippen molar-refractivity contribution >= 4 is 8.32 Å². The summed E-state index contributed by atoms with van der Waals surface area (Å²) in [5.41, 5.74) is 0. The van der Waals surface area contributed by atoms with Crippen molar-refractivity contribution in [3.8, 4) is 0 Å². The number of hydrogen-bond donors (Lipinski definition) is 1. The van der Waals surface area contributed by atoms with Crippen LogP contribution < -0.4 is 0 Å². The third kappa shape index (κ3) is 6.02. The van der Waals surface area contributed by atoms with Crippen molar-refractivity contribution in [1.29, 1.82) is 0 Å². The maximum absolute atomic E-state index is 8.72. The molecule has 1 atom stereocenters. The minimum atomic E-state index is -1.56. The van der Waals surface area contributed by atoms with Crippen molar-refractivity contribution in [2.24, 2.45) is 5.92 Å². The van der Waals surface area contributed by atoms with Gasteiger partial charge in [0.2, 0.25) is 0 Å². The Kier molecular flexibility index (Phi) is 6.83. The average Bonchev–Trinajstić information content (AvgIpc) is 2.13. The first-order valence-corrected chi connectivity index (χ1v) is 9.36. The number of unbranched alkanes of at least 4 members (excludes halogenated alkanes) is 1. The lowest BCUT2D eigenvalue weighted by Crippen LogP contribution is -2.41. The fourth-order valence-corrected chi connectivity index (χ4v) is 2.39. The molecule has 0 aromatic rings. The summed E-state index contributed by atoms with van der Waals surface area (Å²) in [5.74, 6) is 0.612. The molecule has 1 N–H and O–H groups in total. The van der Waals surface area contributed by atoms with Crippen LogP contribution in [0, 0.1) is 5.92 Å². The Labute approximate surface area is 103 Å². The molecule has 0 aromatic carbocycles. The van der Waals surface area contributed by atoms with Gasteiger partial charge in [0.25, 0.3) is 0 Å². The standard InChI is InChI=1S/C13H30O2Si/c1-12(9-7-8-10-14)11-15-16(5,6)13(2,3)4/h12,14H,7-11H2,1-6H3. The van der Waals surface area contributed by atoms with Crippen LogP contribution in [0.3, 0.4) is 0 Å². The zero-order chi connectivity index (χ0) is 12.8. The minimum Gasteiger partial charge on any atom is -0.417 e. The van der Waals surface area contributed by atoms with Crippen molar-refractivity contribution in [1.82, 2.24) is 0 Å². The van der Waals surface area contributed by atoms with Crippen LogP contribution in [0.1, 0.15) is 47.0 Å². The molecule has 0 saturated carbocycles. The molecule has 0 aromatic heterocycles. The first-order chi connectivity index (χ1) is 7.20. The Balaban J connectivity index is 3.86. The predicted molar refractivity (Wildman–Crippen MR) is 73.2 cm³/mol. The maximum Gasteiger partial charge on any atom is 0.191 e. The summed E-state index contributed by atoms with van der Waals surface area (Å²) in [7, 11) is -1.56. The zero-order valence-corrected chi connectivity index (χ0v) is 13.0. The molecular weight excluding hydrogens is 216 g/mol. The fraction of sp³-hybridized carbons (Fsp3) is 1.00. The van der Waals surface area contributed by atoms with Crippen molar-refractivity contribution < 1.29 is 9.53 Å². The molecule has 0 rings (SSSR count). The van der Waals surface area contributed by atoms with Crippen LogP contribution >= 0.6 is 0 Å². The van der Waals surface area contributed by atoms with Crippen LogP contribution in [0.25, 0.3) is 0 Å². The zero-order valence-electron chi connectivity index (χ0n) is 12.0. The molecule has 3 heteroatoms. The molecule has 0 amide bonds. The van der Waals surface area contributed by atoms with E-state index >= 15 is 0 Å². The van der Waals surface area contributed by atoms with E-state index in [1.165, 1.54) is 0 Å². The van der Waals surface area contributed by atoms with Gasteiger partial charge < -0.3 is 9.53 Å². The summed E-state index contributed by atoms with van der Waals surface area (Å²) < 4.78 is 6.16. The van der Waals surface area contributed by atoms with E-state index in [-0.39, 0.29) is 0 Å². The predicted octanol–water partition coefficient (Wildman–Crippen LogP) is 3.81. The van der Waals surface area contributed by atoms with Gasteiger partial charge in [-0.3, -0.25) is 0 Å². The van der Waals surface area contributed by atoms with Crippen LogP contribution in [-0.2, 0) is 4.43 Å². The Bertz CT molecular complexity index is 185. The summed E-state index contributed by atoms with van der Waals surface area (Å²) in [6, 6.07) is 0. The number of aliphatic hydroxyl groups excluding tert-OH is 1. The molecule has 0 spiro atoms. The van der Waals surface area contributed by atoms with E-state index < -0.39 is 8.32 Å². The van der Waals surface area contributed by atoms with Crippen molar-refractivity contribution in [2.45, 2.75) is 65.1 Å². The second-order valence-electron chi connectivity index (χ2n) is 6.40. The molecule has 0 aliphatic heterocycles. The molecule has 0 radical (unpaired) electrons. The van der Waals surface area contributed by atoms with E-state index in [0.717, 1.165) is 25.9 Å². The molecule has 98 valence electrons. The lowest BCUT2D eigenvalue weighted by Gasteiger charge is -2.37. The Hall–Kier alpha value is 0.137. The Morgan fingerprint density at radius 1 is 1.19 bits per heavy atom. The SMILES string of the molecule is CC(CCCCO)CO[Si](C)(C)C(C)(C)C. The molecule has 0 fully saturated rings. The van der Waals surface area contributed by atoms with E-state index in [4.69, 9.17) is 9.53 Å². The summed E-state index contributed by atoms with van der Waals surface area (Å²) in [4.78, 5) is 0. The molecule has 0 saturated heterocycles. The molecule has 1 unspecified atom stereocenters.